The summed E-state index contributed by atoms with van der Waals surface area (Å²) in [6.45, 7) is 3.90. The summed E-state index contributed by atoms with van der Waals surface area (Å²) in [6.07, 6.45) is 11.2. The van der Waals surface area contributed by atoms with E-state index in [-0.39, 0.29) is 5.41 Å². The van der Waals surface area contributed by atoms with Crippen molar-refractivity contribution in [1.82, 2.24) is 0 Å². The van der Waals surface area contributed by atoms with Crippen molar-refractivity contribution in [3.8, 4) is 22.3 Å². The zero-order chi connectivity index (χ0) is 22.9. The first-order valence-corrected chi connectivity index (χ1v) is 12.6. The Kier molecular flexibility index (Phi) is 4.29. The fourth-order valence-electron chi connectivity index (χ4n) is 6.61. The molecule has 3 aliphatic carbocycles. The van der Waals surface area contributed by atoms with Crippen LogP contribution in [0.2, 0.25) is 0 Å². The van der Waals surface area contributed by atoms with Crippen molar-refractivity contribution in [1.29, 1.82) is 0 Å². The van der Waals surface area contributed by atoms with E-state index in [1.54, 1.807) is 0 Å². The molecule has 0 radical (unpaired) electrons. The summed E-state index contributed by atoms with van der Waals surface area (Å²) in [6, 6.07) is 31.7. The smallest absolute Gasteiger partial charge is 0.0538 e. The summed E-state index contributed by atoms with van der Waals surface area (Å²) < 4.78 is 1.13. The zero-order valence-corrected chi connectivity index (χ0v) is 20.3. The highest BCUT2D eigenvalue weighted by molar-refractivity contribution is 9.10. The minimum Gasteiger partial charge on any atom is -0.0985 e. The van der Waals surface area contributed by atoms with E-state index in [0.717, 1.165) is 10.0 Å². The van der Waals surface area contributed by atoms with Gasteiger partial charge in [0.05, 0.1) is 5.41 Å². The molecule has 0 amide bonds. The molecule has 1 heteroatoms. The maximum absolute atomic E-state index is 3.90. The average Bonchev–Trinajstić information content (AvgIpc) is 3.35. The van der Waals surface area contributed by atoms with Crippen molar-refractivity contribution in [3.63, 3.8) is 0 Å². The molecule has 0 fully saturated rings. The topological polar surface area (TPSA) is 0 Å². The van der Waals surface area contributed by atoms with Crippen LogP contribution in [0.25, 0.3) is 28.3 Å². The number of benzene rings is 4. The predicted octanol–water partition coefficient (Wildman–Crippen LogP) is 8.91. The molecule has 4 aromatic rings. The van der Waals surface area contributed by atoms with E-state index in [4.69, 9.17) is 0 Å². The minimum atomic E-state index is -0.200. The Morgan fingerprint density at radius 3 is 2.32 bits per heavy atom. The lowest BCUT2D eigenvalue weighted by molar-refractivity contribution is 0.465. The normalized spacial score (nSPS) is 22.9. The summed E-state index contributed by atoms with van der Waals surface area (Å²) in [5, 5.41) is 0. The third-order valence-corrected chi connectivity index (χ3v) is 8.49. The van der Waals surface area contributed by atoms with Gasteiger partial charge in [0, 0.05) is 16.3 Å². The maximum Gasteiger partial charge on any atom is 0.0538 e. The first-order chi connectivity index (χ1) is 16.7. The van der Waals surface area contributed by atoms with Crippen LogP contribution in [0.1, 0.15) is 33.7 Å². The Morgan fingerprint density at radius 2 is 1.47 bits per heavy atom. The second-order valence-corrected chi connectivity index (χ2v) is 10.4. The molecule has 0 bridgehead atoms. The SMILES string of the molecule is C=Cc1ccc(-c2ccc3c(c2)C2(c4ccccc4-c4ccc(Br)cc42)C2C=CC=CC32)cc1. The van der Waals surface area contributed by atoms with Crippen LogP contribution in [0.15, 0.2) is 120 Å². The molecule has 3 aliphatic rings. The van der Waals surface area contributed by atoms with Crippen LogP contribution in [0.3, 0.4) is 0 Å². The fourth-order valence-corrected chi connectivity index (χ4v) is 6.97. The standard InChI is InChI=1S/C33H23Br/c1-2-21-11-13-22(14-12-21)23-15-17-27-25-7-3-5-9-29(25)33(31(27)19-23)30-10-6-4-8-26(30)28-18-16-24(34)20-32(28)33/h2-20,25,29H,1H2. The van der Waals surface area contributed by atoms with Crippen molar-refractivity contribution in [2.45, 2.75) is 11.3 Å². The summed E-state index contributed by atoms with van der Waals surface area (Å²) in [5.41, 5.74) is 11.9. The Hall–Kier alpha value is -3.42. The molecule has 1 spiro atoms. The molecule has 0 aliphatic heterocycles. The van der Waals surface area contributed by atoms with E-state index >= 15 is 0 Å². The van der Waals surface area contributed by atoms with Crippen molar-refractivity contribution in [2.24, 2.45) is 5.92 Å². The van der Waals surface area contributed by atoms with Gasteiger partial charge in [-0.05, 0) is 68.3 Å². The molecule has 0 N–H and O–H groups in total. The van der Waals surface area contributed by atoms with Crippen LogP contribution in [-0.2, 0) is 5.41 Å². The summed E-state index contributed by atoms with van der Waals surface area (Å²) in [5.74, 6) is 0.720. The molecule has 34 heavy (non-hydrogen) atoms. The largest absolute Gasteiger partial charge is 0.0985 e. The molecule has 3 atom stereocenters. The van der Waals surface area contributed by atoms with Crippen LogP contribution in [0.5, 0.6) is 0 Å². The number of hydrogen-bond donors (Lipinski definition) is 0. The van der Waals surface area contributed by atoms with Gasteiger partial charge < -0.3 is 0 Å². The van der Waals surface area contributed by atoms with Crippen LogP contribution < -0.4 is 0 Å². The molecular weight excluding hydrogens is 476 g/mol. The van der Waals surface area contributed by atoms with E-state index in [1.165, 1.54) is 44.5 Å². The molecule has 7 rings (SSSR count). The van der Waals surface area contributed by atoms with Crippen molar-refractivity contribution in [3.05, 3.63) is 148 Å². The van der Waals surface area contributed by atoms with E-state index in [9.17, 15) is 0 Å². The second kappa shape index (κ2) is 7.29. The first kappa shape index (κ1) is 20.0. The maximum atomic E-state index is 3.90. The van der Waals surface area contributed by atoms with Gasteiger partial charge in [0.15, 0.2) is 0 Å². The first-order valence-electron chi connectivity index (χ1n) is 11.8. The Bertz CT molecular complexity index is 1540. The lowest BCUT2D eigenvalue weighted by atomic mass is 9.65. The molecule has 3 unspecified atom stereocenters. The highest BCUT2D eigenvalue weighted by Gasteiger charge is 2.57. The molecular formula is C33H23Br. The minimum absolute atomic E-state index is 0.200. The van der Waals surface area contributed by atoms with Crippen molar-refractivity contribution in [2.75, 3.05) is 0 Å². The quantitative estimate of drug-likeness (QED) is 0.258. The summed E-state index contributed by atoms with van der Waals surface area (Å²) in [4.78, 5) is 0. The Morgan fingerprint density at radius 1 is 0.706 bits per heavy atom. The second-order valence-electron chi connectivity index (χ2n) is 9.49. The number of allylic oxidation sites excluding steroid dienone is 4. The van der Waals surface area contributed by atoms with Gasteiger partial charge in [0.1, 0.15) is 0 Å². The van der Waals surface area contributed by atoms with Gasteiger partial charge in [-0.15, -0.1) is 0 Å². The van der Waals surface area contributed by atoms with E-state index < -0.39 is 0 Å². The van der Waals surface area contributed by atoms with Crippen LogP contribution >= 0.6 is 15.9 Å². The van der Waals surface area contributed by atoms with E-state index in [1.807, 2.05) is 6.08 Å². The highest BCUT2D eigenvalue weighted by Crippen LogP contribution is 2.65. The van der Waals surface area contributed by atoms with Gasteiger partial charge in [0.2, 0.25) is 0 Å². The lowest BCUT2D eigenvalue weighted by Gasteiger charge is -2.36. The highest BCUT2D eigenvalue weighted by atomic mass is 79.9. The Labute approximate surface area is 209 Å². The molecule has 4 aromatic carbocycles. The number of fused-ring (bicyclic) bond motifs is 10. The predicted molar refractivity (Wildman–Crippen MR) is 146 cm³/mol. The van der Waals surface area contributed by atoms with Gasteiger partial charge in [-0.2, -0.15) is 0 Å². The van der Waals surface area contributed by atoms with E-state index in [0.29, 0.717) is 11.8 Å². The molecule has 0 aromatic heterocycles. The van der Waals surface area contributed by atoms with Gasteiger partial charge in [-0.25, -0.2) is 0 Å². The van der Waals surface area contributed by atoms with Crippen molar-refractivity contribution < 1.29 is 0 Å². The monoisotopic (exact) mass is 498 g/mol. The van der Waals surface area contributed by atoms with Crippen molar-refractivity contribution >= 4 is 22.0 Å². The molecule has 0 heterocycles. The third kappa shape index (κ3) is 2.54. The van der Waals surface area contributed by atoms with E-state index in [2.05, 4.69) is 132 Å². The van der Waals surface area contributed by atoms with Gasteiger partial charge in [0.25, 0.3) is 0 Å². The Balaban J connectivity index is 1.56. The van der Waals surface area contributed by atoms with Crippen LogP contribution in [-0.4, -0.2) is 0 Å². The van der Waals surface area contributed by atoms with Crippen LogP contribution in [0, 0.1) is 5.92 Å². The molecule has 0 nitrogen and oxygen atoms in total. The number of halogens is 1. The van der Waals surface area contributed by atoms with Gasteiger partial charge in [-0.3, -0.25) is 0 Å². The summed E-state index contributed by atoms with van der Waals surface area (Å²) >= 11 is 3.79. The van der Waals surface area contributed by atoms with Crippen LogP contribution in [0.4, 0.5) is 0 Å². The molecule has 0 saturated heterocycles. The fraction of sp³-hybridized carbons (Fsp3) is 0.0909. The molecule has 162 valence electrons. The number of hydrogen-bond acceptors (Lipinski definition) is 0. The lowest BCUT2D eigenvalue weighted by Crippen LogP contribution is -2.33. The van der Waals surface area contributed by atoms with Gasteiger partial charge >= 0.3 is 0 Å². The summed E-state index contributed by atoms with van der Waals surface area (Å²) in [7, 11) is 0. The molecule has 0 saturated carbocycles. The van der Waals surface area contributed by atoms with Gasteiger partial charge in [-0.1, -0.05) is 120 Å². The average molecular weight is 499 g/mol. The zero-order valence-electron chi connectivity index (χ0n) is 18.7. The third-order valence-electron chi connectivity index (χ3n) is 8.00. The number of rotatable bonds is 2.